The molecule has 0 bridgehead atoms. The monoisotopic (exact) mass is 235 g/mol. The Morgan fingerprint density at radius 1 is 1.44 bits per heavy atom. The molecule has 0 aliphatic carbocycles. The molecule has 1 N–H and O–H groups in total. The van der Waals surface area contributed by atoms with Crippen LogP contribution in [0.15, 0.2) is 12.1 Å². The van der Waals surface area contributed by atoms with Crippen LogP contribution in [-0.4, -0.2) is 10.0 Å². The highest BCUT2D eigenvalue weighted by Crippen LogP contribution is 2.37. The van der Waals surface area contributed by atoms with Crippen LogP contribution in [0.4, 0.5) is 18.9 Å². The number of rotatable bonds is 2. The first-order chi connectivity index (χ1) is 7.29. The quantitative estimate of drug-likeness (QED) is 0.632. The summed E-state index contributed by atoms with van der Waals surface area (Å²) in [4.78, 5) is 9.69. The van der Waals surface area contributed by atoms with Gasteiger partial charge in [0.2, 0.25) is 0 Å². The Labute approximate surface area is 88.5 Å². The van der Waals surface area contributed by atoms with Crippen LogP contribution in [0.1, 0.15) is 16.7 Å². The first-order valence-electron chi connectivity index (χ1n) is 4.24. The number of benzene rings is 1. The van der Waals surface area contributed by atoms with Gasteiger partial charge in [-0.1, -0.05) is 6.07 Å². The minimum atomic E-state index is -4.71. The highest BCUT2D eigenvalue weighted by molar-refractivity contribution is 5.52. The first-order valence-corrected chi connectivity index (χ1v) is 4.24. The molecule has 0 aromatic heterocycles. The molecule has 16 heavy (non-hydrogen) atoms. The van der Waals surface area contributed by atoms with Crippen LogP contribution in [0.2, 0.25) is 0 Å². The number of halogens is 3. The van der Waals surface area contributed by atoms with Crippen molar-refractivity contribution < 1.29 is 23.2 Å². The average Bonchev–Trinajstić information content (AvgIpc) is 2.14. The van der Waals surface area contributed by atoms with E-state index in [1.165, 1.54) is 6.92 Å². The van der Waals surface area contributed by atoms with E-state index in [1.54, 1.807) is 0 Å². The molecule has 0 saturated heterocycles. The van der Waals surface area contributed by atoms with Crippen molar-refractivity contribution in [3.63, 3.8) is 0 Å². The largest absolute Gasteiger partial charge is 0.417 e. The number of nitro benzene ring substituents is 1. The van der Waals surface area contributed by atoms with Gasteiger partial charge in [-0.15, -0.1) is 0 Å². The van der Waals surface area contributed by atoms with Gasteiger partial charge in [-0.2, -0.15) is 13.2 Å². The predicted molar refractivity (Wildman–Crippen MR) is 48.8 cm³/mol. The zero-order valence-electron chi connectivity index (χ0n) is 8.21. The first kappa shape index (κ1) is 12.4. The van der Waals surface area contributed by atoms with Gasteiger partial charge < -0.3 is 5.11 Å². The maximum Gasteiger partial charge on any atom is 0.417 e. The molecule has 1 aromatic rings. The lowest BCUT2D eigenvalue weighted by atomic mass is 10.0. The van der Waals surface area contributed by atoms with Gasteiger partial charge >= 0.3 is 6.18 Å². The maximum atomic E-state index is 12.5. The van der Waals surface area contributed by atoms with Crippen molar-refractivity contribution in [1.29, 1.82) is 0 Å². The minimum Gasteiger partial charge on any atom is -0.391 e. The van der Waals surface area contributed by atoms with Crippen molar-refractivity contribution in [1.82, 2.24) is 0 Å². The lowest BCUT2D eigenvalue weighted by molar-refractivity contribution is -0.386. The predicted octanol–water partition coefficient (Wildman–Crippen LogP) is 2.41. The molecule has 1 aromatic carbocycles. The Morgan fingerprint density at radius 3 is 2.38 bits per heavy atom. The summed E-state index contributed by atoms with van der Waals surface area (Å²) in [6.07, 6.45) is -4.71. The van der Waals surface area contributed by atoms with Gasteiger partial charge in [0.1, 0.15) is 0 Å². The average molecular weight is 235 g/mol. The summed E-state index contributed by atoms with van der Waals surface area (Å²) in [5.74, 6) is 0. The molecule has 0 fully saturated rings. The van der Waals surface area contributed by atoms with Crippen molar-refractivity contribution in [2.75, 3.05) is 0 Å². The van der Waals surface area contributed by atoms with E-state index in [0.717, 1.165) is 12.1 Å². The van der Waals surface area contributed by atoms with Crippen molar-refractivity contribution in [2.45, 2.75) is 19.7 Å². The fraction of sp³-hybridized carbons (Fsp3) is 0.333. The number of hydrogen-bond acceptors (Lipinski definition) is 3. The van der Waals surface area contributed by atoms with E-state index >= 15 is 0 Å². The lowest BCUT2D eigenvalue weighted by Gasteiger charge is -2.12. The maximum absolute atomic E-state index is 12.5. The van der Waals surface area contributed by atoms with E-state index in [9.17, 15) is 23.3 Å². The Morgan fingerprint density at radius 2 is 2.00 bits per heavy atom. The lowest BCUT2D eigenvalue weighted by Crippen LogP contribution is -2.12. The summed E-state index contributed by atoms with van der Waals surface area (Å²) >= 11 is 0. The second-order valence-corrected chi connectivity index (χ2v) is 3.17. The highest BCUT2D eigenvalue weighted by Gasteiger charge is 2.37. The zero-order chi connectivity index (χ0) is 12.5. The van der Waals surface area contributed by atoms with Gasteiger partial charge in [0.25, 0.3) is 5.69 Å². The number of aliphatic hydroxyl groups excluding tert-OH is 1. The molecule has 7 heteroatoms. The van der Waals surface area contributed by atoms with Gasteiger partial charge in [-0.3, -0.25) is 10.1 Å². The number of aliphatic hydroxyl groups is 1. The van der Waals surface area contributed by atoms with Crippen LogP contribution in [0.3, 0.4) is 0 Å². The molecular weight excluding hydrogens is 227 g/mol. The van der Waals surface area contributed by atoms with Crippen molar-refractivity contribution in [3.8, 4) is 0 Å². The number of nitrogens with zero attached hydrogens (tertiary/aromatic N) is 1. The molecule has 0 saturated carbocycles. The summed E-state index contributed by atoms with van der Waals surface area (Å²) in [7, 11) is 0. The third-order valence-electron chi connectivity index (χ3n) is 2.13. The second kappa shape index (κ2) is 4.09. The van der Waals surface area contributed by atoms with E-state index < -0.39 is 34.5 Å². The SMILES string of the molecule is Cc1ccc(C(F)(F)F)c(CO)c1[N+](=O)[O-]. The Bertz CT molecular complexity index is 429. The van der Waals surface area contributed by atoms with Crippen molar-refractivity contribution in [2.24, 2.45) is 0 Å². The molecule has 0 spiro atoms. The van der Waals surface area contributed by atoms with Crippen LogP contribution < -0.4 is 0 Å². The normalized spacial score (nSPS) is 11.6. The second-order valence-electron chi connectivity index (χ2n) is 3.17. The molecule has 0 atom stereocenters. The number of alkyl halides is 3. The van der Waals surface area contributed by atoms with Crippen molar-refractivity contribution >= 4 is 5.69 Å². The van der Waals surface area contributed by atoms with Gasteiger partial charge in [-0.05, 0) is 13.0 Å². The smallest absolute Gasteiger partial charge is 0.391 e. The van der Waals surface area contributed by atoms with E-state index in [0.29, 0.717) is 0 Å². The molecule has 4 nitrogen and oxygen atoms in total. The standard InChI is InChI=1S/C9H8F3NO3/c1-5-2-3-7(9(10,11)12)6(4-14)8(5)13(15)16/h2-3,14H,4H2,1H3. The highest BCUT2D eigenvalue weighted by atomic mass is 19.4. The summed E-state index contributed by atoms with van der Waals surface area (Å²) in [5.41, 5.74) is -2.47. The molecule has 0 unspecified atom stereocenters. The van der Waals surface area contributed by atoms with E-state index in [-0.39, 0.29) is 5.56 Å². The molecule has 1 rings (SSSR count). The molecule has 0 aliphatic heterocycles. The molecule has 0 aliphatic rings. The van der Waals surface area contributed by atoms with Crippen LogP contribution in [-0.2, 0) is 12.8 Å². The van der Waals surface area contributed by atoms with Crippen molar-refractivity contribution in [3.05, 3.63) is 38.9 Å². The van der Waals surface area contributed by atoms with Crippen LogP contribution in [0, 0.1) is 17.0 Å². The third-order valence-corrected chi connectivity index (χ3v) is 2.13. The van der Waals surface area contributed by atoms with Gasteiger partial charge in [-0.25, -0.2) is 0 Å². The molecule has 0 heterocycles. The van der Waals surface area contributed by atoms with E-state index in [4.69, 9.17) is 5.11 Å². The number of aryl methyl sites for hydroxylation is 1. The summed E-state index contributed by atoms with van der Waals surface area (Å²) < 4.78 is 37.4. The number of hydrogen-bond donors (Lipinski definition) is 1. The molecule has 0 amide bonds. The van der Waals surface area contributed by atoms with E-state index in [1.807, 2.05) is 0 Å². The fourth-order valence-electron chi connectivity index (χ4n) is 1.43. The zero-order valence-corrected chi connectivity index (χ0v) is 8.21. The van der Waals surface area contributed by atoms with Crippen LogP contribution in [0.5, 0.6) is 0 Å². The Kier molecular flexibility index (Phi) is 3.18. The minimum absolute atomic E-state index is 0.0852. The summed E-state index contributed by atoms with van der Waals surface area (Å²) in [5, 5.41) is 19.4. The Balaban J connectivity index is 3.56. The van der Waals surface area contributed by atoms with Crippen LogP contribution >= 0.6 is 0 Å². The van der Waals surface area contributed by atoms with Gasteiger partial charge in [0.05, 0.1) is 22.7 Å². The van der Waals surface area contributed by atoms with Crippen LogP contribution in [0.25, 0.3) is 0 Å². The Hall–Kier alpha value is -1.63. The fourth-order valence-corrected chi connectivity index (χ4v) is 1.43. The molecule has 0 radical (unpaired) electrons. The molecule has 88 valence electrons. The van der Waals surface area contributed by atoms with Gasteiger partial charge in [0, 0.05) is 5.56 Å². The third kappa shape index (κ3) is 2.13. The summed E-state index contributed by atoms with van der Waals surface area (Å²) in [6.45, 7) is 0.296. The summed E-state index contributed by atoms with van der Waals surface area (Å²) in [6, 6.07) is 1.74. The molecular formula is C9H8F3NO3. The number of nitro groups is 1. The van der Waals surface area contributed by atoms with Gasteiger partial charge in [0.15, 0.2) is 0 Å². The van der Waals surface area contributed by atoms with E-state index in [2.05, 4.69) is 0 Å². The topological polar surface area (TPSA) is 63.4 Å².